The van der Waals surface area contributed by atoms with Crippen LogP contribution in [0.4, 0.5) is 4.79 Å². The number of amides is 3. The summed E-state index contributed by atoms with van der Waals surface area (Å²) in [4.78, 5) is 32.8. The van der Waals surface area contributed by atoms with Crippen LogP contribution in [-0.2, 0) is 16.0 Å². The number of nitrogens with one attached hydrogen (secondary N) is 1. The number of piperidine rings is 2. The van der Waals surface area contributed by atoms with E-state index in [1.807, 2.05) is 6.07 Å². The second kappa shape index (κ2) is 9.49. The molecule has 7 nitrogen and oxygen atoms in total. The van der Waals surface area contributed by atoms with Crippen molar-refractivity contribution >= 4 is 11.9 Å². The first-order valence-electron chi connectivity index (χ1n) is 12.4. The Morgan fingerprint density at radius 1 is 0.969 bits per heavy atom. The number of carbonyl (C=O) groups is 2. The Morgan fingerprint density at radius 2 is 1.72 bits per heavy atom. The first-order chi connectivity index (χ1) is 15.6. The maximum absolute atomic E-state index is 13.4. The summed E-state index contributed by atoms with van der Waals surface area (Å²) in [5.41, 5.74) is 0.662. The third kappa shape index (κ3) is 4.56. The Morgan fingerprint density at radius 3 is 2.41 bits per heavy atom. The first kappa shape index (κ1) is 21.9. The predicted octanol–water partition coefficient (Wildman–Crippen LogP) is 2.12. The fraction of sp³-hybridized carbons (Fsp3) is 0.680. The van der Waals surface area contributed by atoms with Crippen molar-refractivity contribution in [1.29, 1.82) is 0 Å². The van der Waals surface area contributed by atoms with Crippen LogP contribution >= 0.6 is 0 Å². The van der Waals surface area contributed by atoms with Crippen molar-refractivity contribution in [2.75, 3.05) is 52.5 Å². The van der Waals surface area contributed by atoms with Crippen LogP contribution in [0.3, 0.4) is 0 Å². The van der Waals surface area contributed by atoms with Crippen LogP contribution in [0.2, 0.25) is 0 Å². The molecule has 1 spiro atoms. The summed E-state index contributed by atoms with van der Waals surface area (Å²) in [6.45, 7) is 7.46. The summed E-state index contributed by atoms with van der Waals surface area (Å²) in [6.07, 6.45) is 5.36. The van der Waals surface area contributed by atoms with Gasteiger partial charge < -0.3 is 19.9 Å². The molecule has 0 bridgehead atoms. The summed E-state index contributed by atoms with van der Waals surface area (Å²) < 4.78 is 5.50. The molecule has 1 N–H and O–H groups in total. The molecule has 5 rings (SSSR count). The largest absolute Gasteiger partial charge is 0.381 e. The first-order valence-corrected chi connectivity index (χ1v) is 12.4. The predicted molar refractivity (Wildman–Crippen MR) is 122 cm³/mol. The lowest BCUT2D eigenvalue weighted by Crippen LogP contribution is -2.55. The van der Waals surface area contributed by atoms with E-state index in [4.69, 9.17) is 4.74 Å². The molecule has 1 unspecified atom stereocenters. The minimum absolute atomic E-state index is 0.0212. The second-order valence-corrected chi connectivity index (χ2v) is 10.0. The number of nitrogens with zero attached hydrogens (tertiary/aromatic N) is 3. The molecule has 0 aromatic heterocycles. The Hall–Kier alpha value is -1.96. The lowest BCUT2D eigenvalue weighted by Gasteiger charge is -2.39. The van der Waals surface area contributed by atoms with Gasteiger partial charge >= 0.3 is 6.03 Å². The van der Waals surface area contributed by atoms with Crippen LogP contribution < -0.4 is 5.32 Å². The molecule has 0 radical (unpaired) electrons. The monoisotopic (exact) mass is 440 g/mol. The van der Waals surface area contributed by atoms with E-state index < -0.39 is 5.54 Å². The van der Waals surface area contributed by atoms with Crippen LogP contribution in [0.1, 0.15) is 37.7 Å². The van der Waals surface area contributed by atoms with Crippen molar-refractivity contribution in [1.82, 2.24) is 20.0 Å². The lowest BCUT2D eigenvalue weighted by molar-refractivity contribution is -0.135. The molecule has 4 aliphatic heterocycles. The highest BCUT2D eigenvalue weighted by atomic mass is 16.5. The third-order valence-electron chi connectivity index (χ3n) is 7.92. The minimum Gasteiger partial charge on any atom is -0.381 e. The van der Waals surface area contributed by atoms with Gasteiger partial charge in [-0.3, -0.25) is 9.69 Å². The Balaban J connectivity index is 1.12. The molecule has 0 aliphatic carbocycles. The number of carbonyl (C=O) groups excluding carboxylic acids is 2. The lowest BCUT2D eigenvalue weighted by atomic mass is 9.86. The molecular formula is C25H36N4O3. The summed E-state index contributed by atoms with van der Waals surface area (Å²) in [7, 11) is 0. The van der Waals surface area contributed by atoms with Crippen molar-refractivity contribution in [2.45, 2.75) is 50.1 Å². The van der Waals surface area contributed by atoms with Crippen LogP contribution in [0.15, 0.2) is 30.3 Å². The molecular weight excluding hydrogens is 404 g/mol. The van der Waals surface area contributed by atoms with Crippen molar-refractivity contribution in [3.05, 3.63) is 35.9 Å². The molecule has 4 saturated heterocycles. The van der Waals surface area contributed by atoms with Gasteiger partial charge in [0.2, 0.25) is 0 Å². The molecule has 1 aromatic rings. The third-order valence-corrected chi connectivity index (χ3v) is 7.92. The zero-order chi connectivity index (χ0) is 22.0. The molecule has 4 aliphatic rings. The van der Waals surface area contributed by atoms with E-state index in [0.29, 0.717) is 18.8 Å². The van der Waals surface area contributed by atoms with E-state index in [1.165, 1.54) is 5.56 Å². The second-order valence-electron chi connectivity index (χ2n) is 10.0. The molecule has 4 fully saturated rings. The highest BCUT2D eigenvalue weighted by molar-refractivity contribution is 6.07. The fourth-order valence-corrected chi connectivity index (χ4v) is 5.85. The number of urea groups is 1. The molecule has 4 heterocycles. The standard InChI is InChI=1S/C25H36N4O3/c30-23-25(10-15-27(16-11-25)12-6-20-4-2-1-3-5-20)26-24(31)29(23)22-7-13-28(14-8-22)18-21-9-17-32-19-21/h1-5,21-22H,6-19H2,(H,26,31). The molecule has 3 amide bonds. The van der Waals surface area contributed by atoms with Gasteiger partial charge in [0.15, 0.2) is 0 Å². The quantitative estimate of drug-likeness (QED) is 0.687. The molecule has 1 aromatic carbocycles. The smallest absolute Gasteiger partial charge is 0.325 e. The normalized spacial score (nSPS) is 27.4. The summed E-state index contributed by atoms with van der Waals surface area (Å²) >= 11 is 0. The van der Waals surface area contributed by atoms with Gasteiger partial charge in [-0.25, -0.2) is 4.79 Å². The Bertz CT molecular complexity index is 795. The molecule has 32 heavy (non-hydrogen) atoms. The van der Waals surface area contributed by atoms with Gasteiger partial charge in [0.05, 0.1) is 6.61 Å². The van der Waals surface area contributed by atoms with E-state index in [9.17, 15) is 9.59 Å². The van der Waals surface area contributed by atoms with Crippen LogP contribution in [0.25, 0.3) is 0 Å². The number of ether oxygens (including phenoxy) is 1. The number of hydrogen-bond donors (Lipinski definition) is 1. The average molecular weight is 441 g/mol. The highest BCUT2D eigenvalue weighted by Crippen LogP contribution is 2.33. The van der Waals surface area contributed by atoms with Gasteiger partial charge in [-0.2, -0.15) is 0 Å². The van der Waals surface area contributed by atoms with E-state index in [2.05, 4.69) is 39.4 Å². The summed E-state index contributed by atoms with van der Waals surface area (Å²) in [6, 6.07) is 10.4. The molecule has 1 atom stereocenters. The summed E-state index contributed by atoms with van der Waals surface area (Å²) in [5.74, 6) is 0.659. The Labute approximate surface area is 191 Å². The molecule has 0 saturated carbocycles. The molecule has 7 heteroatoms. The van der Waals surface area contributed by atoms with E-state index in [-0.39, 0.29) is 18.0 Å². The van der Waals surface area contributed by atoms with Gasteiger partial charge in [0.1, 0.15) is 5.54 Å². The maximum atomic E-state index is 13.4. The zero-order valence-corrected chi connectivity index (χ0v) is 19.0. The zero-order valence-electron chi connectivity index (χ0n) is 19.0. The van der Waals surface area contributed by atoms with Crippen molar-refractivity contribution in [3.8, 4) is 0 Å². The number of likely N-dealkylation sites (tertiary alicyclic amines) is 2. The van der Waals surface area contributed by atoms with Crippen molar-refractivity contribution < 1.29 is 14.3 Å². The van der Waals surface area contributed by atoms with E-state index in [1.54, 1.807) is 4.90 Å². The minimum atomic E-state index is -0.682. The maximum Gasteiger partial charge on any atom is 0.325 e. The van der Waals surface area contributed by atoms with E-state index >= 15 is 0 Å². The van der Waals surface area contributed by atoms with Gasteiger partial charge in [0, 0.05) is 51.9 Å². The van der Waals surface area contributed by atoms with Gasteiger partial charge in [-0.05, 0) is 50.0 Å². The summed E-state index contributed by atoms with van der Waals surface area (Å²) in [5, 5.41) is 3.11. The van der Waals surface area contributed by atoms with Gasteiger partial charge in [0.25, 0.3) is 5.91 Å². The fourth-order valence-electron chi connectivity index (χ4n) is 5.85. The molecule has 174 valence electrons. The number of hydrogen-bond acceptors (Lipinski definition) is 5. The van der Waals surface area contributed by atoms with Gasteiger partial charge in [-0.1, -0.05) is 30.3 Å². The van der Waals surface area contributed by atoms with Gasteiger partial charge in [-0.15, -0.1) is 0 Å². The van der Waals surface area contributed by atoms with Crippen LogP contribution in [0.5, 0.6) is 0 Å². The topological polar surface area (TPSA) is 65.1 Å². The Kier molecular flexibility index (Phi) is 6.49. The van der Waals surface area contributed by atoms with Crippen LogP contribution in [0, 0.1) is 5.92 Å². The van der Waals surface area contributed by atoms with Crippen molar-refractivity contribution in [2.24, 2.45) is 5.92 Å². The number of benzene rings is 1. The number of rotatable bonds is 6. The highest BCUT2D eigenvalue weighted by Gasteiger charge is 2.54. The average Bonchev–Trinajstić information content (AvgIpc) is 3.41. The van der Waals surface area contributed by atoms with Crippen LogP contribution in [-0.4, -0.2) is 90.7 Å². The number of imide groups is 1. The van der Waals surface area contributed by atoms with E-state index in [0.717, 1.165) is 78.2 Å². The van der Waals surface area contributed by atoms with Crippen molar-refractivity contribution in [3.63, 3.8) is 0 Å². The SMILES string of the molecule is O=C1NC2(CCN(CCc3ccccc3)CC2)C(=O)N1C1CCN(CC2CCOC2)CC1.